The molecule has 1 aliphatic rings. The Morgan fingerprint density at radius 2 is 2.12 bits per heavy atom. The molecule has 2 rings (SSSR count). The molecule has 24 heavy (non-hydrogen) atoms. The van der Waals surface area contributed by atoms with Gasteiger partial charge in [0.15, 0.2) is 5.78 Å². The van der Waals surface area contributed by atoms with Crippen molar-refractivity contribution in [1.82, 2.24) is 14.8 Å². The van der Waals surface area contributed by atoms with Crippen molar-refractivity contribution < 1.29 is 14.3 Å². The van der Waals surface area contributed by atoms with Crippen LogP contribution in [0.2, 0.25) is 0 Å². The zero-order valence-electron chi connectivity index (χ0n) is 15.0. The molecule has 1 aromatic heterocycles. The Kier molecular flexibility index (Phi) is 5.94. The van der Waals surface area contributed by atoms with Crippen LogP contribution in [0.15, 0.2) is 24.4 Å². The molecule has 1 amide bonds. The average Bonchev–Trinajstić information content (AvgIpc) is 2.95. The molecule has 1 aliphatic heterocycles. The van der Waals surface area contributed by atoms with Crippen LogP contribution in [0.25, 0.3) is 0 Å². The summed E-state index contributed by atoms with van der Waals surface area (Å²) in [5, 5.41) is 0. The second-order valence-corrected chi connectivity index (χ2v) is 7.42. The summed E-state index contributed by atoms with van der Waals surface area (Å²) < 4.78 is 5.41. The SMILES string of the molecule is CN(CC(=O)c1ccccn1)C[C@@H]1CCN(C(=O)OC(C)(C)C)C1. The highest BCUT2D eigenvalue weighted by atomic mass is 16.6. The Morgan fingerprint density at radius 3 is 2.75 bits per heavy atom. The topological polar surface area (TPSA) is 62.7 Å². The van der Waals surface area contributed by atoms with E-state index in [1.54, 1.807) is 23.2 Å². The molecule has 0 aliphatic carbocycles. The number of hydrogen-bond acceptors (Lipinski definition) is 5. The number of hydrogen-bond donors (Lipinski definition) is 0. The second kappa shape index (κ2) is 7.75. The molecule has 0 spiro atoms. The molecule has 0 N–H and O–H groups in total. The minimum atomic E-state index is -0.471. The van der Waals surface area contributed by atoms with Gasteiger partial charge in [0.25, 0.3) is 0 Å². The van der Waals surface area contributed by atoms with Gasteiger partial charge in [-0.25, -0.2) is 4.79 Å². The standard InChI is InChI=1S/C18H27N3O3/c1-18(2,3)24-17(23)21-10-8-14(12-21)11-20(4)13-16(22)15-7-5-6-9-19-15/h5-7,9,14H,8,10-13H2,1-4H3/t14-/m0/s1. The minimum Gasteiger partial charge on any atom is -0.444 e. The van der Waals surface area contributed by atoms with Gasteiger partial charge in [0.1, 0.15) is 11.3 Å². The first-order chi connectivity index (χ1) is 11.2. The van der Waals surface area contributed by atoms with Gasteiger partial charge >= 0.3 is 6.09 Å². The highest BCUT2D eigenvalue weighted by Gasteiger charge is 2.30. The maximum atomic E-state index is 12.2. The summed E-state index contributed by atoms with van der Waals surface area (Å²) in [4.78, 5) is 32.1. The Morgan fingerprint density at radius 1 is 1.38 bits per heavy atom. The summed E-state index contributed by atoms with van der Waals surface area (Å²) >= 11 is 0. The van der Waals surface area contributed by atoms with E-state index in [-0.39, 0.29) is 11.9 Å². The fourth-order valence-corrected chi connectivity index (χ4v) is 2.83. The molecule has 132 valence electrons. The van der Waals surface area contributed by atoms with Gasteiger partial charge in [0, 0.05) is 25.8 Å². The van der Waals surface area contributed by atoms with Crippen molar-refractivity contribution in [3.63, 3.8) is 0 Å². The lowest BCUT2D eigenvalue weighted by Crippen LogP contribution is -2.37. The molecule has 2 heterocycles. The first-order valence-electron chi connectivity index (χ1n) is 8.35. The predicted molar refractivity (Wildman–Crippen MR) is 92.0 cm³/mol. The lowest BCUT2D eigenvalue weighted by molar-refractivity contribution is 0.0285. The maximum Gasteiger partial charge on any atom is 0.410 e. The predicted octanol–water partition coefficient (Wildman–Crippen LogP) is 2.45. The van der Waals surface area contributed by atoms with Crippen LogP contribution in [0, 0.1) is 5.92 Å². The average molecular weight is 333 g/mol. The van der Waals surface area contributed by atoms with Gasteiger partial charge < -0.3 is 9.64 Å². The van der Waals surface area contributed by atoms with Crippen LogP contribution in [0.5, 0.6) is 0 Å². The number of aromatic nitrogens is 1. The normalized spacial score (nSPS) is 18.0. The van der Waals surface area contributed by atoms with E-state index in [1.165, 1.54) is 0 Å². The van der Waals surface area contributed by atoms with Crippen LogP contribution >= 0.6 is 0 Å². The minimum absolute atomic E-state index is 0.0140. The van der Waals surface area contributed by atoms with Gasteiger partial charge in [-0.2, -0.15) is 0 Å². The zero-order chi connectivity index (χ0) is 17.7. The Bertz CT molecular complexity index is 569. The molecule has 6 nitrogen and oxygen atoms in total. The Hall–Kier alpha value is -1.95. The van der Waals surface area contributed by atoms with Crippen LogP contribution < -0.4 is 0 Å². The summed E-state index contributed by atoms with van der Waals surface area (Å²) in [6.07, 6.45) is 2.31. The van der Waals surface area contributed by atoms with Crippen molar-refractivity contribution in [2.75, 3.05) is 33.2 Å². The first kappa shape index (κ1) is 18.4. The van der Waals surface area contributed by atoms with Crippen LogP contribution in [0.3, 0.4) is 0 Å². The highest BCUT2D eigenvalue weighted by Crippen LogP contribution is 2.20. The van der Waals surface area contributed by atoms with E-state index < -0.39 is 5.60 Å². The third-order valence-corrected chi connectivity index (χ3v) is 3.87. The van der Waals surface area contributed by atoms with Gasteiger partial charge in [-0.3, -0.25) is 14.7 Å². The number of carbonyl (C=O) groups is 2. The van der Waals surface area contributed by atoms with E-state index in [1.807, 2.05) is 38.8 Å². The van der Waals surface area contributed by atoms with E-state index in [2.05, 4.69) is 4.98 Å². The smallest absolute Gasteiger partial charge is 0.410 e. The summed E-state index contributed by atoms with van der Waals surface area (Å²) in [6, 6.07) is 5.34. The van der Waals surface area contributed by atoms with Crippen molar-refractivity contribution in [2.45, 2.75) is 32.8 Å². The largest absolute Gasteiger partial charge is 0.444 e. The van der Waals surface area contributed by atoms with Crippen molar-refractivity contribution in [3.05, 3.63) is 30.1 Å². The number of likely N-dealkylation sites (tertiary alicyclic amines) is 1. The molecule has 1 aromatic rings. The van der Waals surface area contributed by atoms with Crippen molar-refractivity contribution in [1.29, 1.82) is 0 Å². The van der Waals surface area contributed by atoms with E-state index in [0.717, 1.165) is 13.0 Å². The van der Waals surface area contributed by atoms with Gasteiger partial charge in [0.05, 0.1) is 6.54 Å². The summed E-state index contributed by atoms with van der Waals surface area (Å²) in [5.41, 5.74) is 0.0206. The molecule has 1 saturated heterocycles. The Labute approximate surface area is 143 Å². The van der Waals surface area contributed by atoms with Crippen LogP contribution in [-0.2, 0) is 4.74 Å². The number of ketones is 1. The van der Waals surface area contributed by atoms with E-state index in [9.17, 15) is 9.59 Å². The third-order valence-electron chi connectivity index (χ3n) is 3.87. The zero-order valence-corrected chi connectivity index (χ0v) is 15.0. The lowest BCUT2D eigenvalue weighted by Gasteiger charge is -2.25. The number of ether oxygens (including phenoxy) is 1. The number of carbonyl (C=O) groups excluding carboxylic acids is 2. The van der Waals surface area contributed by atoms with Crippen molar-refractivity contribution in [3.8, 4) is 0 Å². The molecule has 0 aromatic carbocycles. The number of rotatable bonds is 5. The number of pyridine rings is 1. The number of amides is 1. The van der Waals surface area contributed by atoms with Gasteiger partial charge in [-0.1, -0.05) is 6.07 Å². The number of likely N-dealkylation sites (N-methyl/N-ethyl adjacent to an activating group) is 1. The lowest BCUT2D eigenvalue weighted by atomic mass is 10.1. The fourth-order valence-electron chi connectivity index (χ4n) is 2.83. The molecule has 6 heteroatoms. The van der Waals surface area contributed by atoms with Gasteiger partial charge in [-0.05, 0) is 52.3 Å². The summed E-state index contributed by atoms with van der Waals surface area (Å²) in [6.45, 7) is 8.11. The van der Waals surface area contributed by atoms with Gasteiger partial charge in [-0.15, -0.1) is 0 Å². The molecule has 1 atom stereocenters. The molecule has 0 bridgehead atoms. The first-order valence-corrected chi connectivity index (χ1v) is 8.35. The van der Waals surface area contributed by atoms with Crippen LogP contribution in [0.1, 0.15) is 37.7 Å². The summed E-state index contributed by atoms with van der Waals surface area (Å²) in [5.74, 6) is 0.374. The fraction of sp³-hybridized carbons (Fsp3) is 0.611. The number of Topliss-reactive ketones (excluding diaryl/α,β-unsaturated/α-hetero) is 1. The third kappa shape index (κ3) is 5.60. The summed E-state index contributed by atoms with van der Waals surface area (Å²) in [7, 11) is 1.93. The molecular weight excluding hydrogens is 306 g/mol. The Balaban J connectivity index is 1.78. The monoisotopic (exact) mass is 333 g/mol. The van der Waals surface area contributed by atoms with Crippen LogP contribution in [-0.4, -0.2) is 65.5 Å². The van der Waals surface area contributed by atoms with Gasteiger partial charge in [0.2, 0.25) is 0 Å². The molecule has 0 unspecified atom stereocenters. The van der Waals surface area contributed by atoms with E-state index >= 15 is 0 Å². The quantitative estimate of drug-likeness (QED) is 0.775. The molecule has 0 saturated carbocycles. The van der Waals surface area contributed by atoms with E-state index in [4.69, 9.17) is 4.74 Å². The number of nitrogens with zero attached hydrogens (tertiary/aromatic N) is 3. The molecule has 1 fully saturated rings. The highest BCUT2D eigenvalue weighted by molar-refractivity contribution is 5.95. The van der Waals surface area contributed by atoms with E-state index in [0.29, 0.717) is 31.2 Å². The van der Waals surface area contributed by atoms with Crippen molar-refractivity contribution in [2.24, 2.45) is 5.92 Å². The maximum absolute atomic E-state index is 12.2. The van der Waals surface area contributed by atoms with Crippen LogP contribution in [0.4, 0.5) is 4.79 Å². The second-order valence-electron chi connectivity index (χ2n) is 7.42. The molecular formula is C18H27N3O3. The molecule has 0 radical (unpaired) electrons. The van der Waals surface area contributed by atoms with Crippen molar-refractivity contribution >= 4 is 11.9 Å².